The Bertz CT molecular complexity index is 1480. The smallest absolute Gasteiger partial charge is 0.344 e. The first-order valence-corrected chi connectivity index (χ1v) is 12.2. The molecule has 4 aromatic rings. The highest BCUT2D eigenvalue weighted by Gasteiger charge is 2.30. The Morgan fingerprint density at radius 1 is 0.857 bits per heavy atom. The van der Waals surface area contributed by atoms with Gasteiger partial charge in [0.15, 0.2) is 5.76 Å². The number of rotatable bonds is 8. The normalized spacial score (nSPS) is 14.4. The van der Waals surface area contributed by atoms with Crippen molar-refractivity contribution in [2.24, 2.45) is 0 Å². The second kappa shape index (κ2) is 9.92. The van der Waals surface area contributed by atoms with Gasteiger partial charge < -0.3 is 18.3 Å². The van der Waals surface area contributed by atoms with E-state index >= 15 is 0 Å². The lowest BCUT2D eigenvalue weighted by Crippen LogP contribution is -2.20. The van der Waals surface area contributed by atoms with E-state index in [2.05, 4.69) is 6.92 Å². The molecular weight excluding hydrogens is 444 g/mol. The molecule has 1 aliphatic heterocycles. The van der Waals surface area contributed by atoms with Gasteiger partial charge >= 0.3 is 11.3 Å². The molecule has 2 aromatic carbocycles. The number of aryl methyl sites for hydroxylation is 1. The number of unbranched alkanes of at least 4 members (excludes halogenated alkanes) is 4. The van der Waals surface area contributed by atoms with E-state index in [1.165, 1.54) is 25.3 Å². The Kier molecular flexibility index (Phi) is 6.55. The van der Waals surface area contributed by atoms with Gasteiger partial charge in [-0.15, -0.1) is 0 Å². The molecule has 0 spiro atoms. The Morgan fingerprint density at radius 2 is 1.69 bits per heavy atom. The highest BCUT2D eigenvalue weighted by atomic mass is 16.7. The number of benzene rings is 2. The van der Waals surface area contributed by atoms with Crippen LogP contribution in [-0.2, 0) is 4.74 Å². The van der Waals surface area contributed by atoms with Crippen molar-refractivity contribution in [1.82, 2.24) is 0 Å². The summed E-state index contributed by atoms with van der Waals surface area (Å²) in [5, 5.41) is 0.660. The largest absolute Gasteiger partial charge is 0.460 e. The molecule has 0 fully saturated rings. The average Bonchev–Trinajstić information content (AvgIpc) is 2.85. The summed E-state index contributed by atoms with van der Waals surface area (Å²) in [5.41, 5.74) is 2.36. The predicted octanol–water partition coefficient (Wildman–Crippen LogP) is 6.77. The van der Waals surface area contributed by atoms with E-state index < -0.39 is 17.5 Å². The zero-order valence-corrected chi connectivity index (χ0v) is 20.0. The molecule has 0 saturated heterocycles. The van der Waals surface area contributed by atoms with E-state index in [1.54, 1.807) is 12.1 Å². The number of fused-ring (bicyclic) bond motifs is 4. The van der Waals surface area contributed by atoms with Crippen LogP contribution in [0.5, 0.6) is 5.75 Å². The van der Waals surface area contributed by atoms with Crippen LogP contribution >= 0.6 is 0 Å². The van der Waals surface area contributed by atoms with Crippen LogP contribution in [0.15, 0.2) is 73.0 Å². The van der Waals surface area contributed by atoms with Crippen LogP contribution in [0, 0.1) is 6.92 Å². The summed E-state index contributed by atoms with van der Waals surface area (Å²) in [6.07, 6.45) is 4.86. The van der Waals surface area contributed by atoms with Crippen LogP contribution in [0.2, 0.25) is 0 Å². The maximum atomic E-state index is 13.2. The van der Waals surface area contributed by atoms with Crippen molar-refractivity contribution < 1.29 is 18.3 Å². The van der Waals surface area contributed by atoms with Crippen LogP contribution < -0.4 is 16.0 Å². The van der Waals surface area contributed by atoms with E-state index in [4.69, 9.17) is 18.3 Å². The standard InChI is InChI=1S/C29H28O6/c1-3-4-5-6-9-14-32-29-23-16-22(21-17-26(30)33-25-15-18(2)12-13-19(21)25)28(31)35-27(23)20-10-7-8-11-24(20)34-29/h7-8,10-13,15-17,29H,3-6,9,14H2,1-2H3. The summed E-state index contributed by atoms with van der Waals surface area (Å²) in [5.74, 6) is 1.04. The zero-order chi connectivity index (χ0) is 24.4. The monoisotopic (exact) mass is 472 g/mol. The minimum atomic E-state index is -0.720. The molecule has 0 radical (unpaired) electrons. The van der Waals surface area contributed by atoms with E-state index in [1.807, 2.05) is 43.3 Å². The summed E-state index contributed by atoms with van der Waals surface area (Å²) in [7, 11) is 0. The molecule has 5 rings (SSSR count). The topological polar surface area (TPSA) is 78.9 Å². The van der Waals surface area contributed by atoms with Gasteiger partial charge in [0, 0.05) is 17.0 Å². The summed E-state index contributed by atoms with van der Waals surface area (Å²) in [4.78, 5) is 25.5. The highest BCUT2D eigenvalue weighted by Crippen LogP contribution is 2.43. The number of para-hydroxylation sites is 1. The molecule has 0 bridgehead atoms. The van der Waals surface area contributed by atoms with E-state index in [0.29, 0.717) is 45.8 Å². The molecule has 1 atom stereocenters. The summed E-state index contributed by atoms with van der Waals surface area (Å²) < 4.78 is 23.6. The zero-order valence-electron chi connectivity index (χ0n) is 20.0. The molecule has 1 unspecified atom stereocenters. The third-order valence-electron chi connectivity index (χ3n) is 6.30. The summed E-state index contributed by atoms with van der Waals surface area (Å²) >= 11 is 0. The van der Waals surface area contributed by atoms with Gasteiger partial charge in [-0.3, -0.25) is 0 Å². The molecule has 0 amide bonds. The van der Waals surface area contributed by atoms with Crippen molar-refractivity contribution in [1.29, 1.82) is 0 Å². The fraction of sp³-hybridized carbons (Fsp3) is 0.310. The SMILES string of the molecule is CCCCCCCOC1Oc2ccccc2-c2oc(=O)c(-c3cc(=O)oc4cc(C)ccc34)cc21. The Balaban J connectivity index is 1.58. The van der Waals surface area contributed by atoms with Crippen molar-refractivity contribution in [3.8, 4) is 28.2 Å². The summed E-state index contributed by atoms with van der Waals surface area (Å²) in [6.45, 7) is 4.63. The molecule has 3 heterocycles. The Morgan fingerprint density at radius 3 is 2.54 bits per heavy atom. The van der Waals surface area contributed by atoms with Gasteiger partial charge in [-0.25, -0.2) is 9.59 Å². The average molecular weight is 473 g/mol. The predicted molar refractivity (Wildman–Crippen MR) is 135 cm³/mol. The van der Waals surface area contributed by atoms with Gasteiger partial charge in [0.2, 0.25) is 6.29 Å². The maximum absolute atomic E-state index is 13.2. The van der Waals surface area contributed by atoms with E-state index in [0.717, 1.165) is 18.4 Å². The van der Waals surface area contributed by atoms with Gasteiger partial charge in [0.05, 0.1) is 23.3 Å². The van der Waals surface area contributed by atoms with Crippen molar-refractivity contribution in [2.75, 3.05) is 6.61 Å². The Labute approximate surface area is 203 Å². The molecule has 1 aliphatic rings. The van der Waals surface area contributed by atoms with Crippen LogP contribution in [0.25, 0.3) is 33.4 Å². The molecule has 0 aliphatic carbocycles. The molecule has 0 N–H and O–H groups in total. The fourth-order valence-electron chi connectivity index (χ4n) is 4.51. The van der Waals surface area contributed by atoms with Crippen LogP contribution in [0.1, 0.15) is 56.4 Å². The molecule has 6 heteroatoms. The van der Waals surface area contributed by atoms with Crippen LogP contribution in [0.4, 0.5) is 0 Å². The molecule has 35 heavy (non-hydrogen) atoms. The minimum Gasteiger partial charge on any atom is -0.460 e. The number of hydrogen-bond acceptors (Lipinski definition) is 6. The van der Waals surface area contributed by atoms with Gasteiger partial charge in [0.25, 0.3) is 0 Å². The van der Waals surface area contributed by atoms with Gasteiger partial charge in [-0.1, -0.05) is 56.9 Å². The van der Waals surface area contributed by atoms with Gasteiger partial charge in [-0.2, -0.15) is 0 Å². The lowest BCUT2D eigenvalue weighted by atomic mass is 9.97. The summed E-state index contributed by atoms with van der Waals surface area (Å²) in [6, 6.07) is 16.0. The molecular formula is C29H28O6. The molecule has 6 nitrogen and oxygen atoms in total. The Hall–Kier alpha value is -3.64. The van der Waals surface area contributed by atoms with Crippen LogP contribution in [0.3, 0.4) is 0 Å². The molecule has 2 aromatic heterocycles. The maximum Gasteiger partial charge on any atom is 0.344 e. The quantitative estimate of drug-likeness (QED) is 0.208. The van der Waals surface area contributed by atoms with E-state index in [-0.39, 0.29) is 5.56 Å². The van der Waals surface area contributed by atoms with E-state index in [9.17, 15) is 9.59 Å². The van der Waals surface area contributed by atoms with Crippen LogP contribution in [-0.4, -0.2) is 6.61 Å². The van der Waals surface area contributed by atoms with Crippen molar-refractivity contribution in [3.05, 3.63) is 86.6 Å². The van der Waals surface area contributed by atoms with Gasteiger partial charge in [-0.05, 0) is 43.2 Å². The van der Waals surface area contributed by atoms with Crippen molar-refractivity contribution in [2.45, 2.75) is 52.2 Å². The highest BCUT2D eigenvalue weighted by molar-refractivity contribution is 5.93. The first kappa shape index (κ1) is 23.1. The first-order chi connectivity index (χ1) is 17.0. The second-order valence-electron chi connectivity index (χ2n) is 8.94. The second-order valence-corrected chi connectivity index (χ2v) is 8.94. The third kappa shape index (κ3) is 4.66. The van der Waals surface area contributed by atoms with Gasteiger partial charge in [0.1, 0.15) is 11.3 Å². The molecule has 180 valence electrons. The number of ether oxygens (including phenoxy) is 2. The fourth-order valence-corrected chi connectivity index (χ4v) is 4.51. The van der Waals surface area contributed by atoms with Crippen molar-refractivity contribution in [3.63, 3.8) is 0 Å². The minimum absolute atomic E-state index is 0.269. The van der Waals surface area contributed by atoms with Crippen molar-refractivity contribution >= 4 is 11.0 Å². The lowest BCUT2D eigenvalue weighted by Gasteiger charge is -2.27. The lowest BCUT2D eigenvalue weighted by molar-refractivity contribution is -0.0872. The molecule has 0 saturated carbocycles. The first-order valence-electron chi connectivity index (χ1n) is 12.2. The third-order valence-corrected chi connectivity index (χ3v) is 6.30. The number of hydrogen-bond donors (Lipinski definition) is 0.